The van der Waals surface area contributed by atoms with Gasteiger partial charge in [0.1, 0.15) is 23.3 Å². The van der Waals surface area contributed by atoms with E-state index in [4.69, 9.17) is 16.3 Å². The molecule has 2 aromatic heterocycles. The van der Waals surface area contributed by atoms with Crippen LogP contribution in [0.1, 0.15) is 19.3 Å². The summed E-state index contributed by atoms with van der Waals surface area (Å²) in [7, 11) is 1.98. The number of rotatable bonds is 1. The molecule has 0 saturated heterocycles. The van der Waals surface area contributed by atoms with E-state index in [2.05, 4.69) is 19.9 Å². The summed E-state index contributed by atoms with van der Waals surface area (Å²) in [4.78, 5) is 15.0. The lowest BCUT2D eigenvalue weighted by molar-refractivity contribution is 0.137. The molecule has 1 spiro atoms. The van der Waals surface area contributed by atoms with Gasteiger partial charge in [0, 0.05) is 7.05 Å². The molecule has 2 aromatic rings. The normalized spacial score (nSPS) is 19.0. The van der Waals surface area contributed by atoms with Crippen LogP contribution in [0.4, 0.5) is 10.2 Å². The number of nitrogens with zero attached hydrogens (tertiary/aromatic N) is 4. The minimum Gasteiger partial charge on any atom is -0.475 e. The summed E-state index contributed by atoms with van der Waals surface area (Å²) in [6.45, 7) is 0.499. The Kier molecular flexibility index (Phi) is 3.13. The van der Waals surface area contributed by atoms with Crippen molar-refractivity contribution in [2.75, 3.05) is 24.8 Å². The third-order valence-electron chi connectivity index (χ3n) is 4.65. The van der Waals surface area contributed by atoms with Gasteiger partial charge in [0.05, 0.1) is 5.54 Å². The third kappa shape index (κ3) is 1.81. The van der Waals surface area contributed by atoms with Gasteiger partial charge in [-0.3, -0.25) is 0 Å². The van der Waals surface area contributed by atoms with E-state index in [1.807, 2.05) is 13.3 Å². The molecule has 0 atom stereocenters. The number of hydrogen-bond acceptors (Lipinski definition) is 6. The van der Waals surface area contributed by atoms with Crippen molar-refractivity contribution in [1.82, 2.24) is 15.0 Å². The van der Waals surface area contributed by atoms with Crippen LogP contribution in [0, 0.1) is 5.82 Å². The number of likely N-dealkylation sites (N-methyl/N-ethyl adjacent to an activating group) is 1. The number of thioether (sulfide) groups is 1. The summed E-state index contributed by atoms with van der Waals surface area (Å²) in [5.74, 6) is 0.366. The molecule has 1 fully saturated rings. The molecule has 2 aliphatic rings. The van der Waals surface area contributed by atoms with Gasteiger partial charge in [-0.1, -0.05) is 23.4 Å². The molecule has 116 valence electrons. The van der Waals surface area contributed by atoms with Crippen LogP contribution in [0.2, 0.25) is 5.15 Å². The zero-order valence-corrected chi connectivity index (χ0v) is 13.8. The van der Waals surface area contributed by atoms with Gasteiger partial charge in [0.25, 0.3) is 0 Å². The van der Waals surface area contributed by atoms with Gasteiger partial charge in [-0.25, -0.2) is 14.4 Å². The molecule has 3 heterocycles. The van der Waals surface area contributed by atoms with Gasteiger partial charge in [0.15, 0.2) is 16.1 Å². The van der Waals surface area contributed by atoms with Crippen molar-refractivity contribution >= 4 is 40.1 Å². The molecule has 0 N–H and O–H groups in total. The molecule has 22 heavy (non-hydrogen) atoms. The van der Waals surface area contributed by atoms with E-state index in [0.29, 0.717) is 28.8 Å². The van der Waals surface area contributed by atoms with Gasteiger partial charge in [-0.15, -0.1) is 0 Å². The smallest absolute Gasteiger partial charge is 0.228 e. The van der Waals surface area contributed by atoms with Gasteiger partial charge in [0.2, 0.25) is 5.88 Å². The molecular formula is C14H14ClFN4OS. The number of hydrogen-bond donors (Lipinski definition) is 0. The van der Waals surface area contributed by atoms with Crippen LogP contribution in [0.5, 0.6) is 5.88 Å². The fourth-order valence-electron chi connectivity index (χ4n) is 3.10. The standard InChI is InChI=1S/C14H14ClFN4OS/c1-20-11-7-9(17-13(19-11)22-2)8(16)10(15)18-12(7)21-6-14(20)4-3-5-14/h3-6H2,1-2H3. The third-order valence-corrected chi connectivity index (χ3v) is 5.44. The van der Waals surface area contributed by atoms with E-state index < -0.39 is 5.82 Å². The van der Waals surface area contributed by atoms with Gasteiger partial charge in [-0.2, -0.15) is 4.98 Å². The second-order valence-electron chi connectivity index (χ2n) is 5.70. The van der Waals surface area contributed by atoms with Crippen molar-refractivity contribution in [3.63, 3.8) is 0 Å². The molecule has 0 amide bonds. The molecule has 0 bridgehead atoms. The summed E-state index contributed by atoms with van der Waals surface area (Å²) >= 11 is 7.28. The van der Waals surface area contributed by atoms with Crippen LogP contribution in [0.15, 0.2) is 5.16 Å². The van der Waals surface area contributed by atoms with Gasteiger partial charge in [-0.05, 0) is 25.5 Å². The first-order valence-corrected chi connectivity index (χ1v) is 8.63. The Morgan fingerprint density at radius 1 is 1.32 bits per heavy atom. The summed E-state index contributed by atoms with van der Waals surface area (Å²) < 4.78 is 20.3. The number of halogens is 2. The summed E-state index contributed by atoms with van der Waals surface area (Å²) in [5.41, 5.74) is 0.0771. The van der Waals surface area contributed by atoms with Crippen molar-refractivity contribution in [1.29, 1.82) is 0 Å². The second-order valence-corrected chi connectivity index (χ2v) is 6.84. The monoisotopic (exact) mass is 340 g/mol. The highest BCUT2D eigenvalue weighted by Gasteiger charge is 2.45. The quantitative estimate of drug-likeness (QED) is 0.451. The lowest BCUT2D eigenvalue weighted by atomic mass is 9.76. The fraction of sp³-hybridized carbons (Fsp3) is 0.500. The van der Waals surface area contributed by atoms with Gasteiger partial charge < -0.3 is 9.64 Å². The van der Waals surface area contributed by atoms with Crippen molar-refractivity contribution < 1.29 is 9.13 Å². The van der Waals surface area contributed by atoms with E-state index in [1.165, 1.54) is 11.8 Å². The lowest BCUT2D eigenvalue weighted by Crippen LogP contribution is -2.56. The summed E-state index contributed by atoms with van der Waals surface area (Å²) in [6.07, 6.45) is 5.06. The number of pyridine rings is 1. The first kappa shape index (κ1) is 14.3. The van der Waals surface area contributed by atoms with Crippen LogP contribution in [-0.2, 0) is 0 Å². The number of anilines is 1. The second kappa shape index (κ2) is 4.83. The molecule has 1 aliphatic carbocycles. The molecule has 1 saturated carbocycles. The van der Waals surface area contributed by atoms with E-state index in [-0.39, 0.29) is 16.2 Å². The van der Waals surface area contributed by atoms with Crippen LogP contribution >= 0.6 is 23.4 Å². The Morgan fingerprint density at radius 3 is 2.73 bits per heavy atom. The Balaban J connectivity index is 2.06. The molecule has 1 aliphatic heterocycles. The SMILES string of the molecule is CSc1nc2c3c(nc(Cl)c(F)c3n1)OCC1(CCC1)N2C. The van der Waals surface area contributed by atoms with E-state index >= 15 is 0 Å². The summed E-state index contributed by atoms with van der Waals surface area (Å²) in [6, 6.07) is 0. The number of aromatic nitrogens is 3. The first-order valence-electron chi connectivity index (χ1n) is 7.03. The average Bonchev–Trinajstić information content (AvgIpc) is 2.60. The molecule has 0 unspecified atom stereocenters. The van der Waals surface area contributed by atoms with Gasteiger partial charge >= 0.3 is 0 Å². The fourth-order valence-corrected chi connectivity index (χ4v) is 3.63. The predicted molar refractivity (Wildman–Crippen MR) is 84.6 cm³/mol. The Labute approximate surface area is 136 Å². The first-order chi connectivity index (χ1) is 10.6. The minimum absolute atomic E-state index is 0.0966. The minimum atomic E-state index is -0.624. The number of ether oxygens (including phenoxy) is 1. The predicted octanol–water partition coefficient (Wildman–Crippen LogP) is 3.29. The highest BCUT2D eigenvalue weighted by molar-refractivity contribution is 7.98. The van der Waals surface area contributed by atoms with Crippen LogP contribution in [0.25, 0.3) is 10.9 Å². The zero-order valence-electron chi connectivity index (χ0n) is 12.2. The molecule has 0 radical (unpaired) electrons. The zero-order chi connectivity index (χ0) is 15.5. The highest BCUT2D eigenvalue weighted by Crippen LogP contribution is 2.46. The topological polar surface area (TPSA) is 51.1 Å². The van der Waals surface area contributed by atoms with E-state index in [1.54, 1.807) is 0 Å². The highest BCUT2D eigenvalue weighted by atomic mass is 35.5. The molecule has 5 nitrogen and oxygen atoms in total. The average molecular weight is 341 g/mol. The maximum absolute atomic E-state index is 14.4. The maximum Gasteiger partial charge on any atom is 0.228 e. The van der Waals surface area contributed by atoms with Crippen molar-refractivity contribution in [3.8, 4) is 5.88 Å². The Morgan fingerprint density at radius 2 is 2.09 bits per heavy atom. The van der Waals surface area contributed by atoms with Crippen molar-refractivity contribution in [3.05, 3.63) is 11.0 Å². The van der Waals surface area contributed by atoms with Crippen molar-refractivity contribution in [2.45, 2.75) is 30.0 Å². The lowest BCUT2D eigenvalue weighted by Gasteiger charge is -2.47. The van der Waals surface area contributed by atoms with Crippen LogP contribution in [0.3, 0.4) is 0 Å². The molecule has 8 heteroatoms. The van der Waals surface area contributed by atoms with Crippen LogP contribution in [-0.4, -0.2) is 40.4 Å². The molecule has 4 rings (SSSR count). The van der Waals surface area contributed by atoms with E-state index in [0.717, 1.165) is 19.3 Å². The maximum atomic E-state index is 14.4. The van der Waals surface area contributed by atoms with Crippen molar-refractivity contribution in [2.24, 2.45) is 0 Å². The van der Waals surface area contributed by atoms with Crippen LogP contribution < -0.4 is 9.64 Å². The largest absolute Gasteiger partial charge is 0.475 e. The Bertz CT molecular complexity index is 783. The molecule has 0 aromatic carbocycles. The van der Waals surface area contributed by atoms with E-state index in [9.17, 15) is 4.39 Å². The molecular weight excluding hydrogens is 327 g/mol. The summed E-state index contributed by atoms with van der Waals surface area (Å²) in [5, 5.41) is 0.801. The Hall–Kier alpha value is -1.34.